The van der Waals surface area contributed by atoms with Gasteiger partial charge in [0.1, 0.15) is 5.75 Å². The molecule has 0 fully saturated rings. The van der Waals surface area contributed by atoms with Gasteiger partial charge in [0.2, 0.25) is 0 Å². The molecule has 0 saturated heterocycles. The van der Waals surface area contributed by atoms with Crippen molar-refractivity contribution >= 4 is 0 Å². The van der Waals surface area contributed by atoms with Crippen LogP contribution in [0.25, 0.3) is 0 Å². The molecule has 0 bridgehead atoms. The Bertz CT molecular complexity index is 243. The Morgan fingerprint density at radius 3 is 2.46 bits per heavy atom. The van der Waals surface area contributed by atoms with Crippen molar-refractivity contribution in [3.05, 3.63) is 29.8 Å². The first-order chi connectivity index (χ1) is 6.22. The predicted octanol–water partition coefficient (Wildman–Crippen LogP) is 2.06. The second-order valence-electron chi connectivity index (χ2n) is 3.37. The maximum atomic E-state index is 9.06. The Morgan fingerprint density at radius 2 is 1.92 bits per heavy atom. The van der Waals surface area contributed by atoms with Gasteiger partial charge in [-0.15, -0.1) is 0 Å². The molecule has 72 valence electrons. The highest BCUT2D eigenvalue weighted by Crippen LogP contribution is 2.11. The summed E-state index contributed by atoms with van der Waals surface area (Å²) < 4.78 is 0. The highest BCUT2D eigenvalue weighted by atomic mass is 16.3. The van der Waals surface area contributed by atoms with Crippen molar-refractivity contribution in [3.8, 4) is 5.75 Å². The third-order valence-corrected chi connectivity index (χ3v) is 2.26. The summed E-state index contributed by atoms with van der Waals surface area (Å²) in [4.78, 5) is 0. The maximum absolute atomic E-state index is 9.06. The third kappa shape index (κ3) is 3.47. The number of aromatic hydroxyl groups is 1. The summed E-state index contributed by atoms with van der Waals surface area (Å²) in [6.07, 6.45) is 3.04. The van der Waals surface area contributed by atoms with Gasteiger partial charge in [-0.05, 0) is 37.0 Å². The van der Waals surface area contributed by atoms with E-state index in [0.717, 1.165) is 19.3 Å². The fourth-order valence-electron chi connectivity index (χ4n) is 1.22. The van der Waals surface area contributed by atoms with Gasteiger partial charge in [0.15, 0.2) is 0 Å². The van der Waals surface area contributed by atoms with Crippen molar-refractivity contribution in [2.45, 2.75) is 32.2 Å². The summed E-state index contributed by atoms with van der Waals surface area (Å²) in [5, 5.41) is 9.06. The first-order valence-corrected chi connectivity index (χ1v) is 4.76. The first-order valence-electron chi connectivity index (χ1n) is 4.76. The van der Waals surface area contributed by atoms with Crippen molar-refractivity contribution in [1.29, 1.82) is 0 Å². The van der Waals surface area contributed by atoms with E-state index in [0.29, 0.717) is 11.8 Å². The van der Waals surface area contributed by atoms with Crippen LogP contribution in [0.2, 0.25) is 0 Å². The molecule has 1 aromatic rings. The number of aryl methyl sites for hydroxylation is 1. The molecule has 13 heavy (non-hydrogen) atoms. The van der Waals surface area contributed by atoms with Gasteiger partial charge >= 0.3 is 0 Å². The van der Waals surface area contributed by atoms with E-state index in [1.807, 2.05) is 12.1 Å². The molecular formula is C11H17NO. The summed E-state index contributed by atoms with van der Waals surface area (Å²) in [7, 11) is 0. The van der Waals surface area contributed by atoms with Crippen LogP contribution in [0.1, 0.15) is 25.3 Å². The zero-order chi connectivity index (χ0) is 9.68. The largest absolute Gasteiger partial charge is 0.508 e. The smallest absolute Gasteiger partial charge is 0.115 e. The minimum atomic E-state index is 0.300. The summed E-state index contributed by atoms with van der Waals surface area (Å²) in [5.74, 6) is 0.323. The average Bonchev–Trinajstić information content (AvgIpc) is 2.16. The van der Waals surface area contributed by atoms with Gasteiger partial charge in [0.05, 0.1) is 0 Å². The number of phenolic OH excluding ortho intramolecular Hbond substituents is 1. The highest BCUT2D eigenvalue weighted by molar-refractivity contribution is 5.25. The lowest BCUT2D eigenvalue weighted by atomic mass is 10.0. The van der Waals surface area contributed by atoms with Gasteiger partial charge in [-0.25, -0.2) is 0 Å². The molecule has 0 aliphatic heterocycles. The van der Waals surface area contributed by atoms with Gasteiger partial charge in [-0.2, -0.15) is 0 Å². The van der Waals surface area contributed by atoms with Crippen LogP contribution in [-0.4, -0.2) is 11.1 Å². The topological polar surface area (TPSA) is 46.2 Å². The van der Waals surface area contributed by atoms with Crippen molar-refractivity contribution in [1.82, 2.24) is 0 Å². The molecule has 2 nitrogen and oxygen atoms in total. The van der Waals surface area contributed by atoms with Crippen molar-refractivity contribution in [2.24, 2.45) is 5.73 Å². The Hall–Kier alpha value is -1.02. The van der Waals surface area contributed by atoms with Gasteiger partial charge in [-0.1, -0.05) is 19.1 Å². The van der Waals surface area contributed by atoms with Crippen LogP contribution in [0.3, 0.4) is 0 Å². The molecule has 0 heterocycles. The zero-order valence-electron chi connectivity index (χ0n) is 8.03. The van der Waals surface area contributed by atoms with Gasteiger partial charge < -0.3 is 10.8 Å². The van der Waals surface area contributed by atoms with E-state index in [4.69, 9.17) is 10.8 Å². The van der Waals surface area contributed by atoms with Crippen LogP contribution in [-0.2, 0) is 6.42 Å². The number of hydrogen-bond donors (Lipinski definition) is 2. The van der Waals surface area contributed by atoms with E-state index < -0.39 is 0 Å². The summed E-state index contributed by atoms with van der Waals surface area (Å²) in [6, 6.07) is 7.61. The Kier molecular flexibility index (Phi) is 3.77. The second-order valence-corrected chi connectivity index (χ2v) is 3.37. The minimum absolute atomic E-state index is 0.300. The van der Waals surface area contributed by atoms with Crippen LogP contribution in [0.5, 0.6) is 5.75 Å². The van der Waals surface area contributed by atoms with Gasteiger partial charge in [0, 0.05) is 6.04 Å². The van der Waals surface area contributed by atoms with Crippen LogP contribution in [0.4, 0.5) is 0 Å². The van der Waals surface area contributed by atoms with Crippen molar-refractivity contribution < 1.29 is 5.11 Å². The molecule has 0 unspecified atom stereocenters. The quantitative estimate of drug-likeness (QED) is 0.743. The Morgan fingerprint density at radius 1 is 1.31 bits per heavy atom. The van der Waals surface area contributed by atoms with Crippen LogP contribution >= 0.6 is 0 Å². The van der Waals surface area contributed by atoms with E-state index >= 15 is 0 Å². The minimum Gasteiger partial charge on any atom is -0.508 e. The predicted molar refractivity (Wildman–Crippen MR) is 54.7 cm³/mol. The van der Waals surface area contributed by atoms with E-state index in [-0.39, 0.29) is 0 Å². The molecule has 1 aromatic carbocycles. The van der Waals surface area contributed by atoms with E-state index in [9.17, 15) is 0 Å². The fraction of sp³-hybridized carbons (Fsp3) is 0.455. The number of hydrogen-bond acceptors (Lipinski definition) is 2. The van der Waals surface area contributed by atoms with Crippen molar-refractivity contribution in [3.63, 3.8) is 0 Å². The molecule has 3 N–H and O–H groups in total. The SMILES string of the molecule is CC[C@H](N)CCc1ccc(O)cc1. The first kappa shape index (κ1) is 10.1. The number of nitrogens with two attached hydrogens (primary N) is 1. The molecule has 0 amide bonds. The monoisotopic (exact) mass is 179 g/mol. The standard InChI is InChI=1S/C11H17NO/c1-2-10(12)6-3-9-4-7-11(13)8-5-9/h4-5,7-8,10,13H,2-3,6,12H2,1H3/t10-/m0/s1. The maximum Gasteiger partial charge on any atom is 0.115 e. The molecule has 0 aliphatic rings. The normalized spacial score (nSPS) is 12.8. The van der Waals surface area contributed by atoms with Crippen molar-refractivity contribution in [2.75, 3.05) is 0 Å². The van der Waals surface area contributed by atoms with E-state index in [1.165, 1.54) is 5.56 Å². The van der Waals surface area contributed by atoms with Crippen LogP contribution in [0.15, 0.2) is 24.3 Å². The zero-order valence-corrected chi connectivity index (χ0v) is 8.03. The third-order valence-electron chi connectivity index (χ3n) is 2.26. The average molecular weight is 179 g/mol. The van der Waals surface area contributed by atoms with Gasteiger partial charge in [0.25, 0.3) is 0 Å². The van der Waals surface area contributed by atoms with E-state index in [2.05, 4.69) is 6.92 Å². The molecule has 0 saturated carbocycles. The summed E-state index contributed by atoms with van der Waals surface area (Å²) in [5.41, 5.74) is 7.04. The highest BCUT2D eigenvalue weighted by Gasteiger charge is 1.99. The molecular weight excluding hydrogens is 162 g/mol. The van der Waals surface area contributed by atoms with E-state index in [1.54, 1.807) is 12.1 Å². The molecule has 2 heteroatoms. The van der Waals surface area contributed by atoms with Gasteiger partial charge in [-0.3, -0.25) is 0 Å². The molecule has 0 aliphatic carbocycles. The molecule has 1 atom stereocenters. The van der Waals surface area contributed by atoms with Crippen LogP contribution in [0, 0.1) is 0 Å². The molecule has 0 radical (unpaired) electrons. The lowest BCUT2D eigenvalue weighted by Crippen LogP contribution is -2.18. The molecule has 0 aromatic heterocycles. The summed E-state index contributed by atoms with van der Waals surface area (Å²) in [6.45, 7) is 2.10. The number of phenols is 1. The molecule has 1 rings (SSSR count). The Labute approximate surface area is 79.4 Å². The Balaban J connectivity index is 2.41. The number of rotatable bonds is 4. The lowest BCUT2D eigenvalue weighted by Gasteiger charge is -2.07. The number of benzene rings is 1. The van der Waals surface area contributed by atoms with Crippen LogP contribution < -0.4 is 5.73 Å². The molecule has 0 spiro atoms. The summed E-state index contributed by atoms with van der Waals surface area (Å²) >= 11 is 0. The fourth-order valence-corrected chi connectivity index (χ4v) is 1.22. The lowest BCUT2D eigenvalue weighted by molar-refractivity contribution is 0.475. The second kappa shape index (κ2) is 4.87.